The van der Waals surface area contributed by atoms with E-state index in [0.29, 0.717) is 17.6 Å². The molecular weight excluding hydrogens is 398 g/mol. The lowest BCUT2D eigenvalue weighted by Gasteiger charge is -2.21. The van der Waals surface area contributed by atoms with Gasteiger partial charge in [0.1, 0.15) is 18.4 Å². The third-order valence-electron chi connectivity index (χ3n) is 3.77. The van der Waals surface area contributed by atoms with Gasteiger partial charge in [0.25, 0.3) is 0 Å². The molecule has 0 fully saturated rings. The van der Waals surface area contributed by atoms with Crippen LogP contribution < -0.4 is 10.1 Å². The van der Waals surface area contributed by atoms with Gasteiger partial charge in [-0.1, -0.05) is 44.2 Å². The van der Waals surface area contributed by atoms with Crippen LogP contribution in [0.3, 0.4) is 0 Å². The highest BCUT2D eigenvalue weighted by atomic mass is 32.2. The quantitative estimate of drug-likeness (QED) is 0.132. The lowest BCUT2D eigenvalue weighted by molar-refractivity contribution is -0.133. The zero-order valence-corrected chi connectivity index (χ0v) is 17.1. The largest absolute Gasteiger partial charge is 0.445 e. The molecule has 160 valence electrons. The molecule has 0 aliphatic heterocycles. The molecule has 1 rings (SSSR count). The van der Waals surface area contributed by atoms with E-state index in [1.807, 2.05) is 13.0 Å². The van der Waals surface area contributed by atoms with Gasteiger partial charge in [0.2, 0.25) is 0 Å². The summed E-state index contributed by atoms with van der Waals surface area (Å²) in [5.41, 5.74) is 1.14. The molecule has 4 N–H and O–H groups in total. The molecular formula is C20H27NO7S. The van der Waals surface area contributed by atoms with Crippen molar-refractivity contribution in [3.63, 3.8) is 0 Å². The van der Waals surface area contributed by atoms with Crippen LogP contribution in [0.15, 0.2) is 48.6 Å². The summed E-state index contributed by atoms with van der Waals surface area (Å²) in [6.45, 7) is 5.71. The van der Waals surface area contributed by atoms with E-state index in [1.165, 1.54) is 24.3 Å². The second-order valence-electron chi connectivity index (χ2n) is 6.01. The number of hydrogen-bond acceptors (Lipinski definition) is 8. The maximum absolute atomic E-state index is 12.0. The van der Waals surface area contributed by atoms with Gasteiger partial charge in [-0.25, -0.2) is 4.79 Å². The van der Waals surface area contributed by atoms with Gasteiger partial charge in [-0.2, -0.15) is 0 Å². The van der Waals surface area contributed by atoms with Crippen LogP contribution in [0.4, 0.5) is 4.79 Å². The van der Waals surface area contributed by atoms with Crippen molar-refractivity contribution < 1.29 is 33.8 Å². The monoisotopic (exact) mass is 425 g/mol. The molecule has 0 saturated carbocycles. The van der Waals surface area contributed by atoms with Crippen molar-refractivity contribution >= 4 is 24.1 Å². The van der Waals surface area contributed by atoms with Crippen molar-refractivity contribution in [1.29, 1.82) is 0 Å². The molecule has 1 atom stereocenters. The van der Waals surface area contributed by atoms with E-state index in [2.05, 4.69) is 11.9 Å². The molecule has 0 aliphatic carbocycles. The first kappa shape index (κ1) is 24.7. The maximum atomic E-state index is 12.0. The highest BCUT2D eigenvalue weighted by Gasteiger charge is 2.22. The van der Waals surface area contributed by atoms with E-state index in [1.54, 1.807) is 6.08 Å². The Kier molecular flexibility index (Phi) is 11.7. The average molecular weight is 426 g/mol. The molecule has 0 aliphatic rings. The molecule has 1 amide bonds. The van der Waals surface area contributed by atoms with Crippen LogP contribution in [0, 0.1) is 0 Å². The van der Waals surface area contributed by atoms with Crippen molar-refractivity contribution in [2.45, 2.75) is 38.5 Å². The van der Waals surface area contributed by atoms with Crippen LogP contribution >= 0.6 is 12.0 Å². The Morgan fingerprint density at radius 2 is 1.97 bits per heavy atom. The van der Waals surface area contributed by atoms with Crippen molar-refractivity contribution in [3.8, 4) is 5.75 Å². The molecule has 1 aromatic carbocycles. The summed E-state index contributed by atoms with van der Waals surface area (Å²) in [7, 11) is 0. The Labute approximate surface area is 174 Å². The van der Waals surface area contributed by atoms with Gasteiger partial charge < -0.3 is 29.6 Å². The molecule has 8 nitrogen and oxygen atoms in total. The minimum Gasteiger partial charge on any atom is -0.445 e. The molecule has 29 heavy (non-hydrogen) atoms. The maximum Gasteiger partial charge on any atom is 0.408 e. The molecule has 0 spiro atoms. The van der Waals surface area contributed by atoms with Crippen LogP contribution in [0.2, 0.25) is 0 Å². The summed E-state index contributed by atoms with van der Waals surface area (Å²) in [6, 6.07) is 4.77. The fourth-order valence-corrected chi connectivity index (χ4v) is 2.49. The summed E-state index contributed by atoms with van der Waals surface area (Å²) in [5.74, 6) is -0.0239. The lowest BCUT2D eigenvalue weighted by Crippen LogP contribution is -2.36. The van der Waals surface area contributed by atoms with E-state index < -0.39 is 24.4 Å². The van der Waals surface area contributed by atoms with E-state index in [0.717, 1.165) is 18.4 Å². The third-order valence-corrected chi connectivity index (χ3v) is 4.15. The third kappa shape index (κ3) is 9.62. The zero-order chi connectivity index (χ0) is 21.6. The Balaban J connectivity index is 2.68. The summed E-state index contributed by atoms with van der Waals surface area (Å²) >= 11 is 0.549. The number of carbonyl (C=O) groups is 2. The van der Waals surface area contributed by atoms with Gasteiger partial charge in [0, 0.05) is 5.75 Å². The Morgan fingerprint density at radius 1 is 1.28 bits per heavy atom. The van der Waals surface area contributed by atoms with Crippen molar-refractivity contribution in [3.05, 3.63) is 54.1 Å². The molecule has 1 aromatic rings. The van der Waals surface area contributed by atoms with Crippen LogP contribution in [0.25, 0.3) is 0 Å². The van der Waals surface area contributed by atoms with Gasteiger partial charge in [-0.3, -0.25) is 4.79 Å². The number of hydrogen-bond donors (Lipinski definition) is 4. The SMILES string of the molecule is C=C/C(=C\CCC)COC(=O)NC(c1ccc(OC(=O)CCSO)cc1)C(O)O. The number of carbonyl (C=O) groups excluding carboxylic acids is 2. The topological polar surface area (TPSA) is 125 Å². The average Bonchev–Trinajstić information content (AvgIpc) is 2.71. The first-order valence-corrected chi connectivity index (χ1v) is 10.0. The molecule has 0 saturated heterocycles. The fraction of sp³-hybridized carbons (Fsp3) is 0.400. The summed E-state index contributed by atoms with van der Waals surface area (Å²) < 4.78 is 18.8. The number of allylic oxidation sites excluding steroid dienone is 1. The van der Waals surface area contributed by atoms with Gasteiger partial charge in [0.15, 0.2) is 6.29 Å². The minimum atomic E-state index is -1.87. The van der Waals surface area contributed by atoms with Crippen LogP contribution in [0.5, 0.6) is 5.75 Å². The molecule has 0 aromatic heterocycles. The van der Waals surface area contributed by atoms with Gasteiger partial charge in [-0.15, -0.1) is 0 Å². The smallest absolute Gasteiger partial charge is 0.408 e. The Hall–Kier alpha value is -2.33. The lowest BCUT2D eigenvalue weighted by atomic mass is 10.1. The minimum absolute atomic E-state index is 0.0184. The molecule has 1 unspecified atom stereocenters. The second-order valence-corrected chi connectivity index (χ2v) is 6.68. The number of alkyl carbamates (subject to hydrolysis) is 1. The van der Waals surface area contributed by atoms with Crippen LogP contribution in [-0.4, -0.2) is 45.5 Å². The number of nitrogens with one attached hydrogen (secondary N) is 1. The number of rotatable bonds is 12. The van der Waals surface area contributed by atoms with E-state index in [4.69, 9.17) is 14.0 Å². The number of esters is 1. The first-order chi connectivity index (χ1) is 13.9. The number of ether oxygens (including phenoxy) is 2. The van der Waals surface area contributed by atoms with Crippen molar-refractivity contribution in [2.24, 2.45) is 0 Å². The molecule has 0 heterocycles. The highest BCUT2D eigenvalue weighted by Crippen LogP contribution is 2.21. The number of aliphatic hydroxyl groups is 2. The fourth-order valence-electron chi connectivity index (χ4n) is 2.23. The van der Waals surface area contributed by atoms with Gasteiger partial charge in [-0.05, 0) is 41.7 Å². The first-order valence-electron chi connectivity index (χ1n) is 9.09. The van der Waals surface area contributed by atoms with Gasteiger partial charge >= 0.3 is 12.1 Å². The van der Waals surface area contributed by atoms with E-state index >= 15 is 0 Å². The number of amides is 1. The summed E-state index contributed by atoms with van der Waals surface area (Å²) in [5, 5.41) is 21.6. The number of aliphatic hydroxyl groups excluding tert-OH is 1. The predicted octanol–water partition coefficient (Wildman–Crippen LogP) is 3.18. The van der Waals surface area contributed by atoms with E-state index in [-0.39, 0.29) is 24.5 Å². The normalized spacial score (nSPS) is 12.4. The van der Waals surface area contributed by atoms with E-state index in [9.17, 15) is 19.8 Å². The highest BCUT2D eigenvalue weighted by molar-refractivity contribution is 7.93. The van der Waals surface area contributed by atoms with Crippen LogP contribution in [-0.2, 0) is 9.53 Å². The Morgan fingerprint density at radius 3 is 2.52 bits per heavy atom. The van der Waals surface area contributed by atoms with Crippen molar-refractivity contribution in [1.82, 2.24) is 5.32 Å². The number of unbranched alkanes of at least 4 members (excludes halogenated alkanes) is 1. The summed E-state index contributed by atoms with van der Waals surface area (Å²) in [4.78, 5) is 23.6. The summed E-state index contributed by atoms with van der Waals surface area (Å²) in [6.07, 6.45) is 2.66. The molecule has 0 radical (unpaired) electrons. The second kappa shape index (κ2) is 13.8. The zero-order valence-electron chi connectivity index (χ0n) is 16.2. The number of benzene rings is 1. The Bertz CT molecular complexity index is 689. The molecule has 0 bridgehead atoms. The predicted molar refractivity (Wildman–Crippen MR) is 110 cm³/mol. The standard InChI is InChI=1S/C20H27NO7S/c1-3-5-6-14(4-2)13-27-20(25)21-18(19(23)24)15-7-9-16(10-8-15)28-17(22)11-12-29-26/h4,6-10,18-19,23-24,26H,2-3,5,11-13H2,1H3,(H,21,25)/b14-6+. The van der Waals surface area contributed by atoms with Gasteiger partial charge in [0.05, 0.1) is 6.42 Å². The molecule has 9 heteroatoms. The van der Waals surface area contributed by atoms with Crippen LogP contribution in [0.1, 0.15) is 37.8 Å². The van der Waals surface area contributed by atoms with Crippen molar-refractivity contribution in [2.75, 3.05) is 12.4 Å².